The Morgan fingerprint density at radius 3 is 1.45 bits per heavy atom. The maximum atomic E-state index is 4.49. The van der Waals surface area contributed by atoms with Crippen molar-refractivity contribution in [2.24, 2.45) is 0 Å². The molecular weight excluding hydrogens is 376 g/mol. The van der Waals surface area contributed by atoms with Gasteiger partial charge in [0.1, 0.15) is 5.56 Å². The molecule has 152 valence electrons. The van der Waals surface area contributed by atoms with Gasteiger partial charge in [-0.05, 0) is 28.8 Å². The zero-order valence-electron chi connectivity index (χ0n) is 17.6. The molecule has 0 fully saturated rings. The molecule has 0 aliphatic rings. The lowest BCUT2D eigenvalue weighted by atomic mass is 9.77. The topological polar surface area (TPSA) is 16.4 Å². The predicted molar refractivity (Wildman–Crippen MR) is 129 cm³/mol. The van der Waals surface area contributed by atoms with E-state index in [4.69, 9.17) is 0 Å². The van der Waals surface area contributed by atoms with E-state index in [0.717, 1.165) is 25.1 Å². The molecule has 0 radical (unpaired) electrons. The highest BCUT2D eigenvalue weighted by Crippen LogP contribution is 2.36. The maximum Gasteiger partial charge on any atom is 0.311 e. The van der Waals surface area contributed by atoms with E-state index in [1.54, 1.807) is 0 Å². The van der Waals surface area contributed by atoms with Gasteiger partial charge in [0.15, 0.2) is 0 Å². The van der Waals surface area contributed by atoms with Crippen molar-refractivity contribution >= 4 is 0 Å². The zero-order chi connectivity index (χ0) is 21.2. The van der Waals surface area contributed by atoms with Crippen LogP contribution >= 0.6 is 0 Å². The Balaban J connectivity index is 1.61. The van der Waals surface area contributed by atoms with Crippen molar-refractivity contribution in [3.8, 4) is 6.07 Å². The van der Waals surface area contributed by atoms with Crippen LogP contribution in [0.25, 0.3) is 4.85 Å². The third kappa shape index (κ3) is 4.91. The third-order valence-electron chi connectivity index (χ3n) is 5.44. The average Bonchev–Trinajstić information content (AvgIpc) is 2.86. The standard InChI is InChI=1S/C29H27N2/c1-5-14-25(15-6-1)24-30-22-13-23-31-29(26-16-7-2-8-17-26,27-18-9-3-10-19-27)28-20-11-4-12-21-28/h1-12,14-21,31H,13,22-23H2/q+1. The Morgan fingerprint density at radius 2 is 1.00 bits per heavy atom. The summed E-state index contributed by atoms with van der Waals surface area (Å²) in [5, 5.41) is 3.89. The van der Waals surface area contributed by atoms with Gasteiger partial charge in [-0.2, -0.15) is 0 Å². The molecule has 4 aromatic carbocycles. The summed E-state index contributed by atoms with van der Waals surface area (Å²) in [5.74, 6) is 0. The Bertz CT molecular complexity index is 1020. The van der Waals surface area contributed by atoms with E-state index in [2.05, 4.69) is 107 Å². The van der Waals surface area contributed by atoms with Gasteiger partial charge in [-0.3, -0.25) is 5.32 Å². The predicted octanol–water partition coefficient (Wildman–Crippen LogP) is 6.34. The van der Waals surface area contributed by atoms with Crippen LogP contribution in [0.1, 0.15) is 28.7 Å². The average molecular weight is 404 g/mol. The van der Waals surface area contributed by atoms with Gasteiger partial charge in [-0.1, -0.05) is 114 Å². The highest BCUT2D eigenvalue weighted by atomic mass is 15.0. The summed E-state index contributed by atoms with van der Waals surface area (Å²) >= 11 is 0. The molecule has 0 aliphatic heterocycles. The molecule has 0 heterocycles. The van der Waals surface area contributed by atoms with Crippen molar-refractivity contribution in [2.45, 2.75) is 12.0 Å². The lowest BCUT2D eigenvalue weighted by Crippen LogP contribution is -2.45. The molecule has 4 rings (SSSR count). The van der Waals surface area contributed by atoms with Gasteiger partial charge < -0.3 is 0 Å². The van der Waals surface area contributed by atoms with Crippen LogP contribution in [0.5, 0.6) is 0 Å². The molecule has 0 amide bonds. The first kappa shape index (κ1) is 20.6. The lowest BCUT2D eigenvalue weighted by Gasteiger charge is -2.37. The number of nitrogens with zero attached hydrogens (tertiary/aromatic N) is 1. The lowest BCUT2D eigenvalue weighted by molar-refractivity contribution is 0.471. The van der Waals surface area contributed by atoms with E-state index in [-0.39, 0.29) is 0 Å². The van der Waals surface area contributed by atoms with E-state index in [1.165, 1.54) is 16.7 Å². The molecule has 31 heavy (non-hydrogen) atoms. The third-order valence-corrected chi connectivity index (χ3v) is 5.44. The van der Waals surface area contributed by atoms with E-state index in [9.17, 15) is 0 Å². The first-order valence-electron chi connectivity index (χ1n) is 10.8. The van der Waals surface area contributed by atoms with E-state index in [0.29, 0.717) is 0 Å². The Kier molecular flexibility index (Phi) is 6.90. The summed E-state index contributed by atoms with van der Waals surface area (Å²) in [7, 11) is 0. The molecule has 0 aliphatic carbocycles. The molecule has 0 saturated heterocycles. The minimum atomic E-state index is -0.420. The van der Waals surface area contributed by atoms with Crippen molar-refractivity contribution in [1.82, 2.24) is 5.32 Å². The Morgan fingerprint density at radius 1 is 0.581 bits per heavy atom. The van der Waals surface area contributed by atoms with Crippen LogP contribution in [0.4, 0.5) is 0 Å². The monoisotopic (exact) mass is 403 g/mol. The molecule has 0 bridgehead atoms. The largest absolute Gasteiger partial charge is 0.311 e. The van der Waals surface area contributed by atoms with Crippen molar-refractivity contribution in [1.29, 1.82) is 0 Å². The minimum absolute atomic E-state index is 0.420. The second kappa shape index (κ2) is 10.4. The summed E-state index contributed by atoms with van der Waals surface area (Å²) in [6.07, 6.45) is 0.925. The van der Waals surface area contributed by atoms with Crippen LogP contribution in [-0.4, -0.2) is 13.1 Å². The molecular formula is C29H27N2+. The summed E-state index contributed by atoms with van der Waals surface area (Å²) < 4.78 is 0. The molecule has 4 aromatic rings. The smallest absolute Gasteiger partial charge is 0.300 e. The van der Waals surface area contributed by atoms with Gasteiger partial charge in [0.2, 0.25) is 0 Å². The number of nitrogens with one attached hydrogen (secondary N) is 1. The van der Waals surface area contributed by atoms with Crippen molar-refractivity contribution in [3.05, 3.63) is 148 Å². The fourth-order valence-corrected chi connectivity index (χ4v) is 3.96. The van der Waals surface area contributed by atoms with Gasteiger partial charge in [0.25, 0.3) is 6.54 Å². The molecule has 0 unspecified atom stereocenters. The zero-order valence-corrected chi connectivity index (χ0v) is 17.6. The van der Waals surface area contributed by atoms with Gasteiger partial charge in [0, 0.05) is 13.0 Å². The molecule has 0 saturated carbocycles. The molecule has 0 aromatic heterocycles. The fraction of sp³-hybridized carbons (Fsp3) is 0.138. The number of hydrogen-bond donors (Lipinski definition) is 1. The number of rotatable bonds is 7. The Hall–Kier alpha value is -3.67. The second-order valence-electron chi connectivity index (χ2n) is 7.49. The van der Waals surface area contributed by atoms with Gasteiger partial charge in [-0.25, -0.2) is 0 Å². The number of benzene rings is 4. The van der Waals surface area contributed by atoms with E-state index in [1.807, 2.05) is 30.3 Å². The molecule has 0 spiro atoms. The normalized spacial score (nSPS) is 10.8. The van der Waals surface area contributed by atoms with Crippen LogP contribution in [0.2, 0.25) is 0 Å². The van der Waals surface area contributed by atoms with Crippen molar-refractivity contribution in [2.75, 3.05) is 13.1 Å². The minimum Gasteiger partial charge on any atom is -0.300 e. The summed E-state index contributed by atoms with van der Waals surface area (Å²) in [6, 6.07) is 45.3. The van der Waals surface area contributed by atoms with Crippen molar-refractivity contribution in [3.63, 3.8) is 0 Å². The second-order valence-corrected chi connectivity index (χ2v) is 7.49. The molecule has 0 atom stereocenters. The van der Waals surface area contributed by atoms with Crippen LogP contribution in [0.3, 0.4) is 0 Å². The summed E-state index contributed by atoms with van der Waals surface area (Å²) in [4.78, 5) is 4.49. The van der Waals surface area contributed by atoms with Crippen LogP contribution in [-0.2, 0) is 5.54 Å². The quantitative estimate of drug-likeness (QED) is 0.281. The molecule has 2 nitrogen and oxygen atoms in total. The molecule has 2 heteroatoms. The van der Waals surface area contributed by atoms with Gasteiger partial charge in [0.05, 0.1) is 5.54 Å². The van der Waals surface area contributed by atoms with E-state index >= 15 is 0 Å². The number of hydrogen-bond acceptors (Lipinski definition) is 1. The summed E-state index contributed by atoms with van der Waals surface area (Å²) in [6.45, 7) is 1.56. The van der Waals surface area contributed by atoms with Crippen LogP contribution in [0.15, 0.2) is 121 Å². The fourth-order valence-electron chi connectivity index (χ4n) is 3.96. The van der Waals surface area contributed by atoms with Crippen LogP contribution in [0, 0.1) is 6.07 Å². The molecule has 1 N–H and O–H groups in total. The highest BCUT2D eigenvalue weighted by molar-refractivity contribution is 5.49. The summed E-state index contributed by atoms with van der Waals surface area (Å²) in [5.41, 5.74) is 4.28. The van der Waals surface area contributed by atoms with Crippen molar-refractivity contribution < 1.29 is 0 Å². The van der Waals surface area contributed by atoms with Gasteiger partial charge in [-0.15, -0.1) is 0 Å². The van der Waals surface area contributed by atoms with Crippen LogP contribution < -0.4 is 5.32 Å². The van der Waals surface area contributed by atoms with E-state index < -0.39 is 5.54 Å². The Labute approximate surface area is 185 Å². The first-order valence-corrected chi connectivity index (χ1v) is 10.8. The maximum absolute atomic E-state index is 4.49. The first-order chi connectivity index (χ1) is 15.4. The SMILES string of the molecule is C(#[N+]CCCNC(c1ccccc1)(c1ccccc1)c1ccccc1)c1ccccc1. The highest BCUT2D eigenvalue weighted by Gasteiger charge is 2.35. The van der Waals surface area contributed by atoms with Gasteiger partial charge >= 0.3 is 6.07 Å².